The smallest absolute Gasteiger partial charge is 0.332 e. The predicted molar refractivity (Wildman–Crippen MR) is 361 cm³/mol. The molecule has 0 saturated carbocycles. The summed E-state index contributed by atoms with van der Waals surface area (Å²) in [5.41, 5.74) is 6.62. The molecule has 1 saturated heterocycles. The molecule has 4 aromatic carbocycles. The van der Waals surface area contributed by atoms with Crippen molar-refractivity contribution in [3.8, 4) is 62.8 Å². The van der Waals surface area contributed by atoms with E-state index in [1.807, 2.05) is 115 Å². The molecule has 0 radical (unpaired) electrons. The number of likely N-dealkylation sites (tertiary alicyclic amines) is 1. The number of carbonyl (C=O) groups excluding carboxylic acids is 4. The van der Waals surface area contributed by atoms with Gasteiger partial charge in [0.1, 0.15) is 49.2 Å². The zero-order chi connectivity index (χ0) is 68.3. The first-order valence-electron chi connectivity index (χ1n) is 30.7. The molecule has 0 unspecified atom stereocenters. The minimum Gasteiger partial charge on any atom is -0.497 e. The van der Waals surface area contributed by atoms with Crippen LogP contribution in [0.15, 0.2) is 128 Å². The monoisotopic (exact) mass is 1310 g/mol. The van der Waals surface area contributed by atoms with Gasteiger partial charge in [-0.2, -0.15) is 0 Å². The standard InChI is InChI=1S/C21H28N4O3.C18H23N3O3.C16H19N3O3.C14H14ClN3O2/c1-16(2)28-20(26)6-9-25-15-22-21(23-25)18-12-17(3)13-19(14-18)27-11-10-24-7-4-5-8-24;1-12(2)23-16-9-14(5)8-15(10-16)18-19-11-21(20-18)7-6-17(22)24-13(3)4;1-11(2)22-15(20)5-6-19-10-17-16(18-19)13-7-12(3)8-14(9-13)21-4;1-10(2)20-13(19)6-7-18-9-16-14(17-18)11-4-3-5-12(15)8-11/h6,9,12-16H,4-5,7-8,10-11H2,1-3H3;6-13H,1-5H3;5-11H,1-4H3;3-10H,1-2H3/b9-6-;7-6-;6-5-;7-6-. The first-order valence-corrected chi connectivity index (χ1v) is 31.1. The van der Waals surface area contributed by atoms with E-state index < -0.39 is 23.9 Å². The summed E-state index contributed by atoms with van der Waals surface area (Å²) in [6.45, 7) is 28.3. The van der Waals surface area contributed by atoms with Gasteiger partial charge >= 0.3 is 23.9 Å². The van der Waals surface area contributed by atoms with Crippen molar-refractivity contribution in [3.05, 3.63) is 150 Å². The molecule has 25 heteroatoms. The van der Waals surface area contributed by atoms with Crippen molar-refractivity contribution in [3.63, 3.8) is 0 Å². The summed E-state index contributed by atoms with van der Waals surface area (Å²) in [5, 5.41) is 17.9. The Hall–Kier alpha value is -10.1. The van der Waals surface area contributed by atoms with Crippen LogP contribution in [0, 0.1) is 20.8 Å². The van der Waals surface area contributed by atoms with Crippen LogP contribution < -0.4 is 14.2 Å². The second-order valence-electron chi connectivity index (χ2n) is 22.8. The van der Waals surface area contributed by atoms with Crippen LogP contribution in [0.25, 0.3) is 70.4 Å². The maximum Gasteiger partial charge on any atom is 0.332 e. The first kappa shape index (κ1) is 73.0. The Morgan fingerprint density at radius 1 is 0.457 bits per heavy atom. The average molecular weight is 1310 g/mol. The van der Waals surface area contributed by atoms with E-state index in [-0.39, 0.29) is 30.5 Å². The maximum absolute atomic E-state index is 11.6. The van der Waals surface area contributed by atoms with Crippen molar-refractivity contribution in [2.75, 3.05) is 33.4 Å². The van der Waals surface area contributed by atoms with Crippen molar-refractivity contribution >= 4 is 60.3 Å². The number of benzene rings is 4. The molecular formula is C69H84ClN13O11. The number of aromatic nitrogens is 12. The van der Waals surface area contributed by atoms with E-state index in [9.17, 15) is 19.2 Å². The average Bonchev–Trinajstić information content (AvgIpc) is 1.70. The van der Waals surface area contributed by atoms with Crippen LogP contribution in [0.4, 0.5) is 0 Å². The van der Waals surface area contributed by atoms with E-state index in [4.69, 9.17) is 44.8 Å². The molecule has 1 fully saturated rings. The molecule has 4 aromatic heterocycles. The van der Waals surface area contributed by atoms with Gasteiger partial charge in [-0.15, -0.1) is 20.4 Å². The van der Waals surface area contributed by atoms with Gasteiger partial charge in [-0.3, -0.25) is 4.90 Å². The highest BCUT2D eigenvalue weighted by Crippen LogP contribution is 2.27. The third-order valence-electron chi connectivity index (χ3n) is 12.4. The Labute approximate surface area is 553 Å². The highest BCUT2D eigenvalue weighted by Gasteiger charge is 2.14. The summed E-state index contributed by atoms with van der Waals surface area (Å²) < 4.78 is 42.9. The third-order valence-corrected chi connectivity index (χ3v) is 12.6. The van der Waals surface area contributed by atoms with Crippen LogP contribution >= 0.6 is 11.6 Å². The number of rotatable bonds is 23. The Balaban J connectivity index is 0.000000200. The molecule has 0 aliphatic carbocycles. The van der Waals surface area contributed by atoms with Gasteiger partial charge in [-0.05, 0) is 199 Å². The molecule has 1 aliphatic heterocycles. The minimum atomic E-state index is -0.417. The maximum atomic E-state index is 11.6. The summed E-state index contributed by atoms with van der Waals surface area (Å²) in [6.07, 6.45) is 19.5. The van der Waals surface area contributed by atoms with Crippen molar-refractivity contribution in [2.24, 2.45) is 0 Å². The molecule has 8 aromatic rings. The summed E-state index contributed by atoms with van der Waals surface area (Å²) in [6, 6.07) is 24.9. The zero-order valence-electron chi connectivity index (χ0n) is 55.7. The van der Waals surface area contributed by atoms with Crippen molar-refractivity contribution in [1.29, 1.82) is 0 Å². The van der Waals surface area contributed by atoms with Crippen molar-refractivity contribution < 1.29 is 52.3 Å². The predicted octanol–water partition coefficient (Wildman–Crippen LogP) is 12.3. The van der Waals surface area contributed by atoms with Gasteiger partial charge in [-0.25, -0.2) is 57.8 Å². The van der Waals surface area contributed by atoms with Crippen LogP contribution in [0.5, 0.6) is 17.2 Å². The number of methoxy groups -OCH3 is 1. The highest BCUT2D eigenvalue weighted by atomic mass is 35.5. The Bertz CT molecular complexity index is 3870. The molecular weight excluding hydrogens is 1220 g/mol. The van der Waals surface area contributed by atoms with E-state index in [2.05, 4.69) is 45.2 Å². The minimum absolute atomic E-state index is 0.0973. The lowest BCUT2D eigenvalue weighted by atomic mass is 10.1. The van der Waals surface area contributed by atoms with E-state index in [0.717, 1.165) is 62.7 Å². The normalized spacial score (nSPS) is 12.3. The number of carbonyl (C=O) groups is 4. The molecule has 0 amide bonds. The largest absolute Gasteiger partial charge is 0.497 e. The fourth-order valence-corrected chi connectivity index (χ4v) is 8.84. The van der Waals surface area contributed by atoms with E-state index >= 15 is 0 Å². The summed E-state index contributed by atoms with van der Waals surface area (Å²) in [7, 11) is 1.62. The molecule has 0 atom stereocenters. The van der Waals surface area contributed by atoms with Gasteiger partial charge in [0.25, 0.3) is 0 Å². The van der Waals surface area contributed by atoms with Gasteiger partial charge in [0.2, 0.25) is 0 Å². The molecule has 94 heavy (non-hydrogen) atoms. The topological polar surface area (TPSA) is 259 Å². The lowest BCUT2D eigenvalue weighted by Gasteiger charge is -2.15. The second kappa shape index (κ2) is 36.8. The van der Waals surface area contributed by atoms with E-state index in [0.29, 0.717) is 34.9 Å². The lowest BCUT2D eigenvalue weighted by Crippen LogP contribution is -2.25. The van der Waals surface area contributed by atoms with Crippen molar-refractivity contribution in [1.82, 2.24) is 64.0 Å². The van der Waals surface area contributed by atoms with E-state index in [1.54, 1.807) is 73.4 Å². The number of aryl methyl sites for hydroxylation is 3. The van der Waals surface area contributed by atoms with Crippen LogP contribution in [-0.4, -0.2) is 152 Å². The number of hydrogen-bond acceptors (Lipinski definition) is 20. The number of nitrogens with zero attached hydrogens (tertiary/aromatic N) is 13. The van der Waals surface area contributed by atoms with Crippen LogP contribution in [-0.2, 0) is 38.1 Å². The second-order valence-corrected chi connectivity index (χ2v) is 23.2. The lowest BCUT2D eigenvalue weighted by molar-refractivity contribution is -0.142. The fourth-order valence-electron chi connectivity index (χ4n) is 8.65. The summed E-state index contributed by atoms with van der Waals surface area (Å²) in [5.74, 6) is 2.95. The van der Waals surface area contributed by atoms with Crippen LogP contribution in [0.1, 0.15) is 98.8 Å². The molecule has 0 bridgehead atoms. The van der Waals surface area contributed by atoms with Gasteiger partial charge < -0.3 is 33.2 Å². The van der Waals surface area contributed by atoms with Gasteiger partial charge in [0.05, 0.1) is 37.6 Å². The van der Waals surface area contributed by atoms with Crippen LogP contribution in [0.2, 0.25) is 5.02 Å². The zero-order valence-corrected chi connectivity index (χ0v) is 56.5. The number of esters is 4. The number of halogens is 1. The Kier molecular flexibility index (Phi) is 28.6. The quantitative estimate of drug-likeness (QED) is 0.0327. The fraction of sp³-hybridized carbons (Fsp3) is 0.362. The highest BCUT2D eigenvalue weighted by molar-refractivity contribution is 6.30. The molecule has 5 heterocycles. The Morgan fingerprint density at radius 3 is 1.17 bits per heavy atom. The third kappa shape index (κ3) is 26.3. The number of ether oxygens (including phenoxy) is 7. The van der Waals surface area contributed by atoms with Gasteiger partial charge in [0, 0.05) is 82.9 Å². The SMILES string of the molecule is CC(C)OC(=O)/C=C\n1cnc(-c2cccc(Cl)c2)n1.COc1cc(C)cc(-c2ncn(/C=C\C(=O)OC(C)C)n2)c1.Cc1cc(OC(C)C)cc(-c2ncn(/C=C\C(=O)OC(C)C)n2)c1.Cc1cc(OCCN2CCCC2)cc(-c2ncn(/C=C\C(=O)OC(C)C)n2)c1. The van der Waals surface area contributed by atoms with E-state index in [1.165, 1.54) is 106 Å². The molecule has 1 aliphatic rings. The van der Waals surface area contributed by atoms with Gasteiger partial charge in [0.15, 0.2) is 23.3 Å². The molecule has 0 N–H and O–H groups in total. The molecule has 0 spiro atoms. The van der Waals surface area contributed by atoms with Crippen LogP contribution in [0.3, 0.4) is 0 Å². The summed E-state index contributed by atoms with van der Waals surface area (Å²) in [4.78, 5) is 65.3. The van der Waals surface area contributed by atoms with Gasteiger partial charge in [-0.1, -0.05) is 23.7 Å². The Morgan fingerprint density at radius 2 is 0.809 bits per heavy atom. The number of hydrogen-bond donors (Lipinski definition) is 0. The first-order chi connectivity index (χ1) is 44.8. The summed E-state index contributed by atoms with van der Waals surface area (Å²) >= 11 is 5.92. The van der Waals surface area contributed by atoms with Crippen molar-refractivity contribution in [2.45, 2.75) is 133 Å². The molecule has 24 nitrogen and oxygen atoms in total. The molecule has 498 valence electrons. The molecule has 9 rings (SSSR count).